The Labute approximate surface area is 123 Å². The molecule has 0 aromatic heterocycles. The van der Waals surface area contributed by atoms with Gasteiger partial charge < -0.3 is 5.11 Å². The first-order valence-corrected chi connectivity index (χ1v) is 8.07. The second-order valence-corrected chi connectivity index (χ2v) is 6.77. The number of likely N-dealkylation sites (tertiary alicyclic amines) is 1. The highest BCUT2D eigenvalue weighted by Gasteiger charge is 2.34. The maximum atomic E-state index is 11.5. The average molecular weight is 284 g/mol. The van der Waals surface area contributed by atoms with Gasteiger partial charge in [-0.25, -0.2) is 0 Å². The zero-order chi connectivity index (χ0) is 15.3. The molecule has 1 aliphatic rings. The van der Waals surface area contributed by atoms with E-state index in [0.717, 1.165) is 13.0 Å². The van der Waals surface area contributed by atoms with Gasteiger partial charge in [-0.05, 0) is 66.3 Å². The van der Waals surface area contributed by atoms with Crippen molar-refractivity contribution >= 4 is 5.97 Å². The zero-order valence-corrected chi connectivity index (χ0v) is 13.8. The number of hydrogen-bond donors (Lipinski definition) is 2. The van der Waals surface area contributed by atoms with Gasteiger partial charge in [0.05, 0.1) is 0 Å². The molecule has 1 heterocycles. The molecule has 0 saturated carbocycles. The SMILES string of the molecule is CCC1CCC(C)N1CCCC(C)(NC(C)C)C(=O)O. The highest BCUT2D eigenvalue weighted by molar-refractivity contribution is 5.78. The molecule has 3 unspecified atom stereocenters. The quantitative estimate of drug-likeness (QED) is 0.719. The molecule has 0 spiro atoms. The summed E-state index contributed by atoms with van der Waals surface area (Å²) in [6.45, 7) is 11.4. The predicted octanol–water partition coefficient (Wildman–Crippen LogP) is 2.87. The fourth-order valence-electron chi connectivity index (χ4n) is 3.46. The smallest absolute Gasteiger partial charge is 0.323 e. The van der Waals surface area contributed by atoms with Crippen molar-refractivity contribution in [2.75, 3.05) is 6.54 Å². The Morgan fingerprint density at radius 1 is 1.45 bits per heavy atom. The summed E-state index contributed by atoms with van der Waals surface area (Å²) < 4.78 is 0. The summed E-state index contributed by atoms with van der Waals surface area (Å²) in [6, 6.07) is 1.53. The summed E-state index contributed by atoms with van der Waals surface area (Å²) in [7, 11) is 0. The molecule has 1 rings (SSSR count). The second-order valence-electron chi connectivity index (χ2n) is 6.77. The lowest BCUT2D eigenvalue weighted by Crippen LogP contribution is -2.52. The van der Waals surface area contributed by atoms with Gasteiger partial charge in [-0.2, -0.15) is 0 Å². The molecule has 3 atom stereocenters. The van der Waals surface area contributed by atoms with Crippen LogP contribution in [0.25, 0.3) is 0 Å². The van der Waals surface area contributed by atoms with E-state index in [-0.39, 0.29) is 6.04 Å². The number of carboxylic acid groups (broad SMARTS) is 1. The van der Waals surface area contributed by atoms with Crippen LogP contribution in [-0.2, 0) is 4.79 Å². The molecule has 0 aromatic rings. The van der Waals surface area contributed by atoms with Crippen LogP contribution in [0.1, 0.15) is 66.7 Å². The summed E-state index contributed by atoms with van der Waals surface area (Å²) in [5.41, 5.74) is -0.807. The van der Waals surface area contributed by atoms with Gasteiger partial charge in [0, 0.05) is 18.1 Å². The van der Waals surface area contributed by atoms with Crippen molar-refractivity contribution in [2.24, 2.45) is 0 Å². The standard InChI is InChI=1S/C16H32N2O2/c1-6-14-9-8-13(4)18(14)11-7-10-16(5,15(19)20)17-12(2)3/h12-14,17H,6-11H2,1-5H3,(H,19,20). The molecule has 1 aliphatic heterocycles. The zero-order valence-electron chi connectivity index (χ0n) is 13.8. The summed E-state index contributed by atoms with van der Waals surface area (Å²) in [4.78, 5) is 14.1. The van der Waals surface area contributed by atoms with Gasteiger partial charge in [0.2, 0.25) is 0 Å². The van der Waals surface area contributed by atoms with Crippen LogP contribution in [0, 0.1) is 0 Å². The van der Waals surface area contributed by atoms with Crippen LogP contribution in [-0.4, -0.2) is 46.2 Å². The highest BCUT2D eigenvalue weighted by atomic mass is 16.4. The summed E-state index contributed by atoms with van der Waals surface area (Å²) in [6.07, 6.45) is 5.38. The Hall–Kier alpha value is -0.610. The fourth-order valence-corrected chi connectivity index (χ4v) is 3.46. The van der Waals surface area contributed by atoms with Crippen LogP contribution in [0.3, 0.4) is 0 Å². The molecule has 20 heavy (non-hydrogen) atoms. The molecule has 0 aromatic carbocycles. The van der Waals surface area contributed by atoms with Gasteiger partial charge in [0.15, 0.2) is 0 Å². The van der Waals surface area contributed by atoms with Crippen molar-refractivity contribution in [1.29, 1.82) is 0 Å². The summed E-state index contributed by atoms with van der Waals surface area (Å²) in [5.74, 6) is -0.743. The fraction of sp³-hybridized carbons (Fsp3) is 0.938. The number of rotatable bonds is 8. The van der Waals surface area contributed by atoms with Crippen LogP contribution in [0.4, 0.5) is 0 Å². The number of carboxylic acids is 1. The minimum absolute atomic E-state index is 0.185. The van der Waals surface area contributed by atoms with Crippen molar-refractivity contribution in [1.82, 2.24) is 10.2 Å². The van der Waals surface area contributed by atoms with Crippen molar-refractivity contribution in [3.63, 3.8) is 0 Å². The van der Waals surface area contributed by atoms with Crippen molar-refractivity contribution in [3.8, 4) is 0 Å². The molecule has 0 bridgehead atoms. The summed E-state index contributed by atoms with van der Waals surface area (Å²) >= 11 is 0. The first-order chi connectivity index (χ1) is 9.30. The number of carbonyl (C=O) groups is 1. The molecule has 1 fully saturated rings. The average Bonchev–Trinajstić information content (AvgIpc) is 2.69. The number of hydrogen-bond acceptors (Lipinski definition) is 3. The number of aliphatic carboxylic acids is 1. The van der Waals surface area contributed by atoms with E-state index >= 15 is 0 Å². The predicted molar refractivity (Wildman–Crippen MR) is 83.0 cm³/mol. The highest BCUT2D eigenvalue weighted by Crippen LogP contribution is 2.27. The van der Waals surface area contributed by atoms with Gasteiger partial charge >= 0.3 is 5.97 Å². The number of nitrogens with zero attached hydrogens (tertiary/aromatic N) is 1. The minimum atomic E-state index is -0.807. The molecular weight excluding hydrogens is 252 g/mol. The first kappa shape index (κ1) is 17.4. The molecule has 118 valence electrons. The third-order valence-corrected chi connectivity index (χ3v) is 4.60. The summed E-state index contributed by atoms with van der Waals surface area (Å²) in [5, 5.41) is 12.6. The van der Waals surface area contributed by atoms with Crippen LogP contribution >= 0.6 is 0 Å². The van der Waals surface area contributed by atoms with E-state index in [1.807, 2.05) is 13.8 Å². The van der Waals surface area contributed by atoms with Gasteiger partial charge in [-0.3, -0.25) is 15.0 Å². The molecule has 1 saturated heterocycles. The third-order valence-electron chi connectivity index (χ3n) is 4.60. The topological polar surface area (TPSA) is 52.6 Å². The van der Waals surface area contributed by atoms with Crippen molar-refractivity contribution in [3.05, 3.63) is 0 Å². The van der Waals surface area contributed by atoms with E-state index in [0.29, 0.717) is 18.5 Å². The van der Waals surface area contributed by atoms with Gasteiger partial charge in [-0.1, -0.05) is 6.92 Å². The molecule has 0 radical (unpaired) electrons. The van der Waals surface area contributed by atoms with Gasteiger partial charge in [-0.15, -0.1) is 0 Å². The van der Waals surface area contributed by atoms with Gasteiger partial charge in [0.25, 0.3) is 0 Å². The second kappa shape index (κ2) is 7.41. The Kier molecular flexibility index (Phi) is 6.46. The van der Waals surface area contributed by atoms with E-state index in [4.69, 9.17) is 0 Å². The Bertz CT molecular complexity index is 320. The Balaban J connectivity index is 2.50. The normalized spacial score (nSPS) is 26.9. The molecular formula is C16H32N2O2. The molecule has 2 N–H and O–H groups in total. The largest absolute Gasteiger partial charge is 0.480 e. The monoisotopic (exact) mass is 284 g/mol. The molecule has 4 heteroatoms. The lowest BCUT2D eigenvalue weighted by molar-refractivity contribution is -0.144. The molecule has 0 amide bonds. The van der Waals surface area contributed by atoms with Gasteiger partial charge in [0.1, 0.15) is 5.54 Å². The van der Waals surface area contributed by atoms with Crippen LogP contribution in [0.5, 0.6) is 0 Å². The Morgan fingerprint density at radius 3 is 2.60 bits per heavy atom. The van der Waals surface area contributed by atoms with E-state index in [9.17, 15) is 9.90 Å². The first-order valence-electron chi connectivity index (χ1n) is 8.07. The van der Waals surface area contributed by atoms with E-state index in [2.05, 4.69) is 24.1 Å². The maximum absolute atomic E-state index is 11.5. The molecule has 4 nitrogen and oxygen atoms in total. The van der Waals surface area contributed by atoms with Crippen LogP contribution in [0.15, 0.2) is 0 Å². The van der Waals surface area contributed by atoms with Crippen LogP contribution < -0.4 is 5.32 Å². The minimum Gasteiger partial charge on any atom is -0.480 e. The Morgan fingerprint density at radius 2 is 2.10 bits per heavy atom. The van der Waals surface area contributed by atoms with Crippen LogP contribution in [0.2, 0.25) is 0 Å². The lowest BCUT2D eigenvalue weighted by Gasteiger charge is -2.32. The lowest BCUT2D eigenvalue weighted by atomic mass is 9.94. The molecule has 0 aliphatic carbocycles. The van der Waals surface area contributed by atoms with E-state index in [1.165, 1.54) is 19.3 Å². The maximum Gasteiger partial charge on any atom is 0.323 e. The van der Waals surface area contributed by atoms with Crippen molar-refractivity contribution < 1.29 is 9.90 Å². The number of nitrogens with one attached hydrogen (secondary N) is 1. The van der Waals surface area contributed by atoms with E-state index < -0.39 is 11.5 Å². The van der Waals surface area contributed by atoms with Crippen molar-refractivity contribution in [2.45, 2.75) is 90.4 Å². The van der Waals surface area contributed by atoms with E-state index in [1.54, 1.807) is 6.92 Å². The third kappa shape index (κ3) is 4.45.